The van der Waals surface area contributed by atoms with Crippen LogP contribution in [0.2, 0.25) is 0 Å². The van der Waals surface area contributed by atoms with Crippen molar-refractivity contribution in [3.05, 3.63) is 30.0 Å². The fourth-order valence-electron chi connectivity index (χ4n) is 3.84. The molecule has 31 heavy (non-hydrogen) atoms. The van der Waals surface area contributed by atoms with Gasteiger partial charge < -0.3 is 24.5 Å². The molecule has 3 heterocycles. The van der Waals surface area contributed by atoms with Gasteiger partial charge in [-0.1, -0.05) is 12.8 Å². The van der Waals surface area contributed by atoms with Gasteiger partial charge in [-0.15, -0.1) is 0 Å². The topological polar surface area (TPSA) is 114 Å². The van der Waals surface area contributed by atoms with Gasteiger partial charge >= 0.3 is 0 Å². The summed E-state index contributed by atoms with van der Waals surface area (Å²) in [5.41, 5.74) is 7.24. The van der Waals surface area contributed by atoms with Gasteiger partial charge in [-0.3, -0.25) is 4.79 Å². The standard InChI is InChI=1S/C14H17N5O2.C8H16O2.H2/c1-19-8-16-7-12(19)14-17-10(6-11(18-14)13(15)20)9-2-4-21-5-3-9;1-9-6-7-10-8-4-2-3-5-8;/h6-9H,2-5H2,1H3,(H2,15,20);8H,2-7H2,1H3;1H. The average molecular weight is 434 g/mol. The van der Waals surface area contributed by atoms with E-state index in [1.807, 2.05) is 11.6 Å². The monoisotopic (exact) mass is 433 g/mol. The fraction of sp³-hybridized carbons (Fsp3) is 0.636. The van der Waals surface area contributed by atoms with Crippen molar-refractivity contribution in [3.63, 3.8) is 0 Å². The second-order valence-corrected chi connectivity index (χ2v) is 7.91. The minimum atomic E-state index is -0.547. The molecule has 4 rings (SSSR count). The zero-order valence-electron chi connectivity index (χ0n) is 18.5. The Morgan fingerprint density at radius 1 is 1.23 bits per heavy atom. The number of imidazole rings is 1. The summed E-state index contributed by atoms with van der Waals surface area (Å²) >= 11 is 0. The minimum absolute atomic E-state index is 0. The van der Waals surface area contributed by atoms with Crippen molar-refractivity contribution in [2.75, 3.05) is 33.5 Å². The smallest absolute Gasteiger partial charge is 0.267 e. The molecule has 9 heteroatoms. The Balaban J connectivity index is 0.000000280. The number of carbonyl (C=O) groups is 1. The number of primary amides is 1. The van der Waals surface area contributed by atoms with Crippen molar-refractivity contribution in [2.24, 2.45) is 12.8 Å². The predicted octanol–water partition coefficient (Wildman–Crippen LogP) is 2.71. The predicted molar refractivity (Wildman–Crippen MR) is 118 cm³/mol. The molecule has 1 saturated heterocycles. The van der Waals surface area contributed by atoms with Crippen molar-refractivity contribution < 1.29 is 20.4 Å². The zero-order chi connectivity index (χ0) is 22.1. The molecule has 2 N–H and O–H groups in total. The molecule has 2 aromatic heterocycles. The van der Waals surface area contributed by atoms with Crippen molar-refractivity contribution in [1.82, 2.24) is 19.5 Å². The van der Waals surface area contributed by atoms with Crippen LogP contribution in [0.1, 0.15) is 62.1 Å². The Morgan fingerprint density at radius 2 is 1.97 bits per heavy atom. The van der Waals surface area contributed by atoms with Crippen LogP contribution < -0.4 is 5.73 Å². The third-order valence-electron chi connectivity index (χ3n) is 5.63. The molecule has 0 bridgehead atoms. The maximum atomic E-state index is 11.5. The van der Waals surface area contributed by atoms with Crippen molar-refractivity contribution >= 4 is 5.91 Å². The van der Waals surface area contributed by atoms with Crippen LogP contribution in [0.3, 0.4) is 0 Å². The average Bonchev–Trinajstić information content (AvgIpc) is 3.46. The SMILES string of the molecule is COCCOC1CCCC1.Cn1cncc1-c1nc(C(N)=O)cc(C2CCOCC2)n1.[HH]. The molecule has 9 nitrogen and oxygen atoms in total. The van der Waals surface area contributed by atoms with Crippen LogP contribution in [0.5, 0.6) is 0 Å². The number of nitrogens with zero attached hydrogens (tertiary/aromatic N) is 4. The van der Waals surface area contributed by atoms with Gasteiger partial charge in [-0.2, -0.15) is 0 Å². The van der Waals surface area contributed by atoms with Gasteiger partial charge in [0.05, 0.1) is 31.8 Å². The number of methoxy groups -OCH3 is 1. The molecule has 0 atom stereocenters. The Hall–Kier alpha value is -2.36. The lowest BCUT2D eigenvalue weighted by Gasteiger charge is -2.22. The minimum Gasteiger partial charge on any atom is -0.382 e. The second-order valence-electron chi connectivity index (χ2n) is 7.91. The summed E-state index contributed by atoms with van der Waals surface area (Å²) in [5.74, 6) is 0.203. The highest BCUT2D eigenvalue weighted by atomic mass is 16.5. The lowest BCUT2D eigenvalue weighted by molar-refractivity contribution is 0.0211. The molecule has 0 unspecified atom stereocenters. The summed E-state index contributed by atoms with van der Waals surface area (Å²) in [6.07, 6.45) is 10.9. The van der Waals surface area contributed by atoms with Crippen LogP contribution in [0, 0.1) is 0 Å². The lowest BCUT2D eigenvalue weighted by atomic mass is 9.95. The third kappa shape index (κ3) is 6.81. The third-order valence-corrected chi connectivity index (χ3v) is 5.63. The molecule has 0 spiro atoms. The summed E-state index contributed by atoms with van der Waals surface area (Å²) in [7, 11) is 3.56. The van der Waals surface area contributed by atoms with Crippen LogP contribution in [0.25, 0.3) is 11.5 Å². The van der Waals surface area contributed by atoms with E-state index in [0.717, 1.165) is 37.4 Å². The number of ether oxygens (including phenoxy) is 3. The normalized spacial score (nSPS) is 17.4. The van der Waals surface area contributed by atoms with E-state index in [1.165, 1.54) is 25.7 Å². The summed E-state index contributed by atoms with van der Waals surface area (Å²) in [6.45, 7) is 2.92. The van der Waals surface area contributed by atoms with Gasteiger partial charge in [-0.05, 0) is 31.7 Å². The van der Waals surface area contributed by atoms with Crippen LogP contribution >= 0.6 is 0 Å². The van der Waals surface area contributed by atoms with Crippen molar-refractivity contribution in [3.8, 4) is 11.5 Å². The first-order valence-electron chi connectivity index (χ1n) is 10.9. The van der Waals surface area contributed by atoms with E-state index < -0.39 is 5.91 Å². The number of aryl methyl sites for hydroxylation is 1. The van der Waals surface area contributed by atoms with Gasteiger partial charge in [-0.25, -0.2) is 15.0 Å². The van der Waals surface area contributed by atoms with E-state index in [2.05, 4.69) is 15.0 Å². The van der Waals surface area contributed by atoms with Gasteiger partial charge in [0.2, 0.25) is 0 Å². The number of carbonyl (C=O) groups excluding carboxylic acids is 1. The van der Waals surface area contributed by atoms with Crippen LogP contribution in [0.4, 0.5) is 0 Å². The first-order chi connectivity index (χ1) is 15.1. The molecule has 0 aromatic carbocycles. The molecule has 1 aliphatic carbocycles. The molecular formula is C22H35N5O4. The number of hydrogen-bond donors (Lipinski definition) is 1. The van der Waals surface area contributed by atoms with E-state index >= 15 is 0 Å². The number of amides is 1. The molecule has 1 aliphatic heterocycles. The number of nitrogens with two attached hydrogens (primary N) is 1. The Labute approximate surface area is 184 Å². The summed E-state index contributed by atoms with van der Waals surface area (Å²) < 4.78 is 17.6. The van der Waals surface area contributed by atoms with E-state index in [-0.39, 0.29) is 13.0 Å². The van der Waals surface area contributed by atoms with Gasteiger partial charge in [0.25, 0.3) is 5.91 Å². The zero-order valence-corrected chi connectivity index (χ0v) is 18.5. The van der Waals surface area contributed by atoms with E-state index in [9.17, 15) is 4.79 Å². The molecule has 1 saturated carbocycles. The highest BCUT2D eigenvalue weighted by Crippen LogP contribution is 2.27. The first-order valence-corrected chi connectivity index (χ1v) is 10.9. The quantitative estimate of drug-likeness (QED) is 0.668. The highest BCUT2D eigenvalue weighted by molar-refractivity contribution is 5.91. The molecule has 2 aliphatic rings. The maximum Gasteiger partial charge on any atom is 0.267 e. The van der Waals surface area contributed by atoms with Gasteiger partial charge in [0.1, 0.15) is 11.4 Å². The first kappa shape index (κ1) is 23.3. The largest absolute Gasteiger partial charge is 0.382 e. The Bertz CT molecular complexity index is 835. The lowest BCUT2D eigenvalue weighted by Crippen LogP contribution is -2.19. The summed E-state index contributed by atoms with van der Waals surface area (Å²) in [4.78, 5) is 24.4. The van der Waals surface area contributed by atoms with Gasteiger partial charge in [0.15, 0.2) is 5.82 Å². The van der Waals surface area contributed by atoms with E-state index in [1.54, 1.807) is 25.7 Å². The maximum absolute atomic E-state index is 11.5. The molecular weight excluding hydrogens is 398 g/mol. The molecule has 1 amide bonds. The van der Waals surface area contributed by atoms with E-state index in [4.69, 9.17) is 19.9 Å². The number of aromatic nitrogens is 4. The molecule has 2 fully saturated rings. The number of rotatable bonds is 7. The van der Waals surface area contributed by atoms with Crippen molar-refractivity contribution in [1.29, 1.82) is 0 Å². The Morgan fingerprint density at radius 3 is 2.58 bits per heavy atom. The second kappa shape index (κ2) is 11.9. The highest BCUT2D eigenvalue weighted by Gasteiger charge is 2.21. The molecule has 0 radical (unpaired) electrons. The summed E-state index contributed by atoms with van der Waals surface area (Å²) in [6, 6.07) is 1.69. The Kier molecular flexibility index (Phi) is 8.93. The van der Waals surface area contributed by atoms with Crippen LogP contribution in [-0.4, -0.2) is 65.1 Å². The van der Waals surface area contributed by atoms with E-state index in [0.29, 0.717) is 25.1 Å². The molecule has 2 aromatic rings. The number of hydrogen-bond acceptors (Lipinski definition) is 7. The molecule has 172 valence electrons. The van der Waals surface area contributed by atoms with Crippen LogP contribution in [0.15, 0.2) is 18.6 Å². The van der Waals surface area contributed by atoms with Crippen LogP contribution in [-0.2, 0) is 21.3 Å². The van der Waals surface area contributed by atoms with Crippen molar-refractivity contribution in [2.45, 2.75) is 50.5 Å². The van der Waals surface area contributed by atoms with Gasteiger partial charge in [0, 0.05) is 40.4 Å². The summed E-state index contributed by atoms with van der Waals surface area (Å²) in [5, 5.41) is 0. The fourth-order valence-corrected chi connectivity index (χ4v) is 3.84.